The van der Waals surface area contributed by atoms with E-state index in [0.717, 1.165) is 0 Å². The van der Waals surface area contributed by atoms with E-state index >= 15 is 0 Å². The summed E-state index contributed by atoms with van der Waals surface area (Å²) in [6.45, 7) is 0. The van der Waals surface area contributed by atoms with Gasteiger partial charge in [0.15, 0.2) is 0 Å². The van der Waals surface area contributed by atoms with E-state index < -0.39 is 17.7 Å². The second-order valence-corrected chi connectivity index (χ2v) is 3.75. The van der Waals surface area contributed by atoms with E-state index in [9.17, 15) is 13.6 Å². The Morgan fingerprint density at radius 2 is 1.93 bits per heavy atom. The number of halogens is 2. The van der Waals surface area contributed by atoms with E-state index in [4.69, 9.17) is 0 Å². The Morgan fingerprint density at radius 1 is 1.40 bits per heavy atom. The molecule has 0 aliphatic heterocycles. The molecule has 0 unspecified atom stereocenters. The average molecular weight is 211 g/mol. The first-order valence-electron chi connectivity index (χ1n) is 4.73. The fraction of sp³-hybridized carbons (Fsp3) is 0.364. The second kappa shape index (κ2) is 3.29. The molecule has 15 heavy (non-hydrogen) atoms. The Morgan fingerprint density at radius 3 is 2.40 bits per heavy atom. The zero-order valence-electron chi connectivity index (χ0n) is 8.28. The number of rotatable bonds is 2. The van der Waals surface area contributed by atoms with Crippen molar-refractivity contribution < 1.29 is 13.6 Å². The van der Waals surface area contributed by atoms with E-state index in [0.29, 0.717) is 5.69 Å². The molecule has 0 radical (unpaired) electrons. The maximum atomic E-state index is 12.7. The van der Waals surface area contributed by atoms with Gasteiger partial charge < -0.3 is 4.90 Å². The molecular formula is C11H11F2NO. The quantitative estimate of drug-likeness (QED) is 0.735. The summed E-state index contributed by atoms with van der Waals surface area (Å²) >= 11 is 0. The number of nitrogens with zero attached hydrogens (tertiary/aromatic N) is 1. The van der Waals surface area contributed by atoms with Gasteiger partial charge in [0.2, 0.25) is 5.91 Å². The first-order chi connectivity index (χ1) is 7.02. The number of benzene rings is 1. The molecule has 0 aromatic heterocycles. The monoisotopic (exact) mass is 211 g/mol. The van der Waals surface area contributed by atoms with Crippen molar-refractivity contribution in [3.05, 3.63) is 30.3 Å². The summed E-state index contributed by atoms with van der Waals surface area (Å²) in [4.78, 5) is 12.9. The molecule has 0 saturated heterocycles. The van der Waals surface area contributed by atoms with Crippen molar-refractivity contribution in [2.24, 2.45) is 5.92 Å². The summed E-state index contributed by atoms with van der Waals surface area (Å²) in [5, 5.41) is 0. The fourth-order valence-electron chi connectivity index (χ4n) is 1.49. The maximum absolute atomic E-state index is 12.7. The van der Waals surface area contributed by atoms with Gasteiger partial charge in [0.25, 0.3) is 5.92 Å². The van der Waals surface area contributed by atoms with Crippen LogP contribution in [0.5, 0.6) is 0 Å². The van der Waals surface area contributed by atoms with Crippen LogP contribution >= 0.6 is 0 Å². The minimum Gasteiger partial charge on any atom is -0.315 e. The largest absolute Gasteiger partial charge is 0.315 e. The lowest BCUT2D eigenvalue weighted by atomic mass is 10.2. The Labute approximate surface area is 86.5 Å². The van der Waals surface area contributed by atoms with Crippen molar-refractivity contribution in [3.63, 3.8) is 0 Å². The van der Waals surface area contributed by atoms with Crippen LogP contribution in [-0.2, 0) is 4.79 Å². The first-order valence-corrected chi connectivity index (χ1v) is 4.73. The summed E-state index contributed by atoms with van der Waals surface area (Å²) in [6, 6.07) is 8.79. The summed E-state index contributed by atoms with van der Waals surface area (Å²) in [5.74, 6) is -4.42. The van der Waals surface area contributed by atoms with Crippen LogP contribution in [0.3, 0.4) is 0 Å². The lowest BCUT2D eigenvalue weighted by Crippen LogP contribution is -2.29. The van der Waals surface area contributed by atoms with Crippen LogP contribution in [-0.4, -0.2) is 18.9 Å². The molecule has 0 heterocycles. The molecule has 4 heteroatoms. The van der Waals surface area contributed by atoms with Crippen molar-refractivity contribution in [1.29, 1.82) is 0 Å². The highest BCUT2D eigenvalue weighted by molar-refractivity contribution is 5.97. The van der Waals surface area contributed by atoms with Gasteiger partial charge >= 0.3 is 0 Å². The number of anilines is 1. The van der Waals surface area contributed by atoms with Gasteiger partial charge in [-0.1, -0.05) is 18.2 Å². The van der Waals surface area contributed by atoms with Gasteiger partial charge in [-0.25, -0.2) is 8.78 Å². The van der Waals surface area contributed by atoms with E-state index in [-0.39, 0.29) is 6.42 Å². The smallest absolute Gasteiger partial charge is 0.260 e. The maximum Gasteiger partial charge on any atom is 0.260 e. The highest BCUT2D eigenvalue weighted by Crippen LogP contribution is 2.49. The number of para-hydroxylation sites is 1. The van der Waals surface area contributed by atoms with E-state index in [1.165, 1.54) is 11.9 Å². The molecule has 1 atom stereocenters. The molecule has 0 spiro atoms. The lowest BCUT2D eigenvalue weighted by molar-refractivity contribution is -0.121. The van der Waals surface area contributed by atoms with Crippen LogP contribution < -0.4 is 4.90 Å². The van der Waals surface area contributed by atoms with Crippen LogP contribution in [0.2, 0.25) is 0 Å². The van der Waals surface area contributed by atoms with Crippen LogP contribution in [0.25, 0.3) is 0 Å². The predicted molar refractivity (Wildman–Crippen MR) is 52.9 cm³/mol. The molecule has 0 N–H and O–H groups in total. The zero-order valence-corrected chi connectivity index (χ0v) is 8.28. The van der Waals surface area contributed by atoms with Crippen LogP contribution in [0.4, 0.5) is 14.5 Å². The molecule has 1 aliphatic rings. The van der Waals surface area contributed by atoms with Crippen molar-refractivity contribution in [2.45, 2.75) is 12.3 Å². The van der Waals surface area contributed by atoms with Gasteiger partial charge in [0, 0.05) is 19.2 Å². The van der Waals surface area contributed by atoms with Crippen molar-refractivity contribution >= 4 is 11.6 Å². The van der Waals surface area contributed by atoms with Gasteiger partial charge in [-0.3, -0.25) is 4.79 Å². The third-order valence-corrected chi connectivity index (χ3v) is 2.60. The normalized spacial score (nSPS) is 22.2. The van der Waals surface area contributed by atoms with Gasteiger partial charge in [0.1, 0.15) is 5.92 Å². The van der Waals surface area contributed by atoms with Crippen LogP contribution in [0, 0.1) is 5.92 Å². The standard InChI is InChI=1S/C11H11F2NO/c1-14(8-5-3-2-4-6-8)10(15)9-7-11(9,12)13/h2-6,9H,7H2,1H3/t9-/m0/s1. The third-order valence-electron chi connectivity index (χ3n) is 2.60. The fourth-order valence-corrected chi connectivity index (χ4v) is 1.49. The van der Waals surface area contributed by atoms with Gasteiger partial charge in [-0.05, 0) is 12.1 Å². The van der Waals surface area contributed by atoms with E-state index in [1.54, 1.807) is 24.3 Å². The SMILES string of the molecule is CN(C(=O)[C@@H]1CC1(F)F)c1ccccc1. The molecular weight excluding hydrogens is 200 g/mol. The number of carbonyl (C=O) groups excluding carboxylic acids is 1. The highest BCUT2D eigenvalue weighted by atomic mass is 19.3. The zero-order chi connectivity index (χ0) is 11.1. The minimum absolute atomic E-state index is 0.316. The van der Waals surface area contributed by atoms with Gasteiger partial charge in [0.05, 0.1) is 0 Å². The topological polar surface area (TPSA) is 20.3 Å². The number of alkyl halides is 2. The summed E-state index contributed by atoms with van der Waals surface area (Å²) < 4.78 is 25.4. The number of amides is 1. The molecule has 1 aromatic rings. The molecule has 1 fully saturated rings. The lowest BCUT2D eigenvalue weighted by Gasteiger charge is -2.16. The molecule has 2 rings (SSSR count). The van der Waals surface area contributed by atoms with Crippen LogP contribution in [0.1, 0.15) is 6.42 Å². The molecule has 1 aliphatic carbocycles. The molecule has 1 amide bonds. The second-order valence-electron chi connectivity index (χ2n) is 3.75. The Kier molecular flexibility index (Phi) is 2.21. The average Bonchev–Trinajstić information content (AvgIpc) is 2.87. The number of hydrogen-bond donors (Lipinski definition) is 0. The summed E-state index contributed by atoms with van der Waals surface area (Å²) in [6.07, 6.45) is -0.316. The van der Waals surface area contributed by atoms with Crippen molar-refractivity contribution in [3.8, 4) is 0 Å². The Hall–Kier alpha value is -1.45. The number of hydrogen-bond acceptors (Lipinski definition) is 1. The Bertz CT molecular complexity index is 377. The van der Waals surface area contributed by atoms with Crippen molar-refractivity contribution in [1.82, 2.24) is 0 Å². The van der Waals surface area contributed by atoms with E-state index in [1.807, 2.05) is 6.07 Å². The predicted octanol–water partition coefficient (Wildman–Crippen LogP) is 2.30. The summed E-state index contributed by atoms with van der Waals surface area (Å²) in [5.41, 5.74) is 0.644. The third kappa shape index (κ3) is 1.84. The summed E-state index contributed by atoms with van der Waals surface area (Å²) in [7, 11) is 1.52. The molecule has 1 aromatic carbocycles. The van der Waals surface area contributed by atoms with Crippen LogP contribution in [0.15, 0.2) is 30.3 Å². The molecule has 0 bridgehead atoms. The van der Waals surface area contributed by atoms with Gasteiger partial charge in [-0.15, -0.1) is 0 Å². The first kappa shape index (κ1) is 10.1. The Balaban J connectivity index is 2.10. The highest BCUT2D eigenvalue weighted by Gasteiger charge is 2.62. The minimum atomic E-state index is -2.79. The molecule has 2 nitrogen and oxygen atoms in total. The van der Waals surface area contributed by atoms with Gasteiger partial charge in [-0.2, -0.15) is 0 Å². The van der Waals surface area contributed by atoms with E-state index in [2.05, 4.69) is 0 Å². The molecule has 80 valence electrons. The molecule has 1 saturated carbocycles. The van der Waals surface area contributed by atoms with Crippen molar-refractivity contribution in [2.75, 3.05) is 11.9 Å². The number of carbonyl (C=O) groups is 1.